The van der Waals surface area contributed by atoms with E-state index in [0.29, 0.717) is 0 Å². The standard InChI is InChI=1S/CH5BN2/c2-1(3)4/h1H,3-4H2. The van der Waals surface area contributed by atoms with Gasteiger partial charge in [0.2, 0.25) is 0 Å². The predicted molar refractivity (Wildman–Crippen MR) is 17.9 cm³/mol. The molecule has 0 saturated heterocycles. The molecule has 0 bridgehead atoms. The Kier molecular flexibility index (Phi) is 1.31. The fourth-order valence-corrected chi connectivity index (χ4v) is 0. The lowest BCUT2D eigenvalue weighted by Crippen LogP contribution is -2.29. The first-order chi connectivity index (χ1) is 1.73. The fourth-order valence-electron chi connectivity index (χ4n) is 0. The summed E-state index contributed by atoms with van der Waals surface area (Å²) in [6.07, 6.45) is 0. The van der Waals surface area contributed by atoms with Crippen LogP contribution in [0.3, 0.4) is 0 Å². The van der Waals surface area contributed by atoms with Crippen LogP contribution in [-0.4, -0.2) is 13.9 Å². The molecule has 0 aromatic carbocycles. The molecule has 0 unspecified atom stereocenters. The second-order valence-electron chi connectivity index (χ2n) is 0.577. The van der Waals surface area contributed by atoms with E-state index in [1.54, 1.807) is 0 Å². The maximum absolute atomic E-state index is 4.67. The van der Waals surface area contributed by atoms with Gasteiger partial charge in [0.25, 0.3) is 0 Å². The highest BCUT2D eigenvalue weighted by atomic mass is 14.8. The lowest BCUT2D eigenvalue weighted by Gasteiger charge is -1.83. The number of rotatable bonds is 0. The maximum Gasteiger partial charge on any atom is 0.111 e. The minimum atomic E-state index is -0.667. The summed E-state index contributed by atoms with van der Waals surface area (Å²) in [5.74, 6) is 0. The molecule has 0 atom stereocenters. The number of nitrogens with two attached hydrogens (primary N) is 2. The summed E-state index contributed by atoms with van der Waals surface area (Å²) in [6.45, 7) is 0. The van der Waals surface area contributed by atoms with Crippen molar-refractivity contribution in [3.05, 3.63) is 0 Å². The van der Waals surface area contributed by atoms with E-state index in [2.05, 4.69) is 19.3 Å². The zero-order valence-corrected chi connectivity index (χ0v) is 2.31. The SMILES string of the molecule is [B]C(N)N. The van der Waals surface area contributed by atoms with E-state index in [9.17, 15) is 0 Å². The smallest absolute Gasteiger partial charge is 0.111 e. The summed E-state index contributed by atoms with van der Waals surface area (Å²) in [7, 11) is 4.67. The molecule has 0 fully saturated rings. The Hall–Kier alpha value is -0.0151. The van der Waals surface area contributed by atoms with Crippen LogP contribution in [0.1, 0.15) is 0 Å². The Bertz CT molecular complexity index is 10.8. The third-order valence-electron chi connectivity index (χ3n) is 0. The zero-order chi connectivity index (χ0) is 3.58. The van der Waals surface area contributed by atoms with Crippen molar-refractivity contribution in [2.24, 2.45) is 11.5 Å². The molecule has 0 saturated carbocycles. The first kappa shape index (κ1) is 3.98. The summed E-state index contributed by atoms with van der Waals surface area (Å²) >= 11 is 0. The molecule has 0 aliphatic rings. The Morgan fingerprint density at radius 3 is 1.50 bits per heavy atom. The van der Waals surface area contributed by atoms with E-state index in [0.717, 1.165) is 0 Å². The van der Waals surface area contributed by atoms with Gasteiger partial charge in [-0.05, 0) is 0 Å². The summed E-state index contributed by atoms with van der Waals surface area (Å²) in [4.78, 5) is 0. The summed E-state index contributed by atoms with van der Waals surface area (Å²) < 4.78 is 0. The van der Waals surface area contributed by atoms with Gasteiger partial charge in [-0.25, -0.2) is 0 Å². The molecule has 2 radical (unpaired) electrons. The van der Waals surface area contributed by atoms with Gasteiger partial charge in [-0.2, -0.15) is 0 Å². The van der Waals surface area contributed by atoms with Crippen LogP contribution in [0.2, 0.25) is 0 Å². The van der Waals surface area contributed by atoms with Gasteiger partial charge in [-0.3, -0.25) is 0 Å². The van der Waals surface area contributed by atoms with Gasteiger partial charge in [0.15, 0.2) is 0 Å². The van der Waals surface area contributed by atoms with Crippen molar-refractivity contribution in [3.8, 4) is 0 Å². The normalized spacial score (nSPS) is 8.75. The van der Waals surface area contributed by atoms with Gasteiger partial charge in [-0.15, -0.1) is 0 Å². The summed E-state index contributed by atoms with van der Waals surface area (Å²) in [5.41, 5.74) is 9.33. The highest BCUT2D eigenvalue weighted by Gasteiger charge is 1.66. The lowest BCUT2D eigenvalue weighted by atomic mass is 10.1. The first-order valence-corrected chi connectivity index (χ1v) is 1.00. The molecule has 2 nitrogen and oxygen atoms in total. The van der Waals surface area contributed by atoms with E-state index in [-0.39, 0.29) is 0 Å². The molecule has 0 amide bonds. The molecule has 0 spiro atoms. The van der Waals surface area contributed by atoms with E-state index in [1.807, 2.05) is 0 Å². The average molecular weight is 55.9 g/mol. The molecule has 0 rings (SSSR count). The molecule has 3 heteroatoms. The summed E-state index contributed by atoms with van der Waals surface area (Å²) in [6, 6.07) is -0.667. The Morgan fingerprint density at radius 2 is 1.50 bits per heavy atom. The number of hydrogen-bond donors (Lipinski definition) is 2. The van der Waals surface area contributed by atoms with Crippen LogP contribution in [0.25, 0.3) is 0 Å². The van der Waals surface area contributed by atoms with Gasteiger partial charge in [0.1, 0.15) is 7.85 Å². The van der Waals surface area contributed by atoms with Crippen molar-refractivity contribution in [2.75, 3.05) is 0 Å². The predicted octanol–water partition coefficient (Wildman–Crippen LogP) is -1.64. The monoisotopic (exact) mass is 56.1 g/mol. The Labute approximate surface area is 26.6 Å². The third-order valence-corrected chi connectivity index (χ3v) is 0. The van der Waals surface area contributed by atoms with Gasteiger partial charge >= 0.3 is 0 Å². The molecular formula is CH5BN2. The second-order valence-corrected chi connectivity index (χ2v) is 0.577. The average Bonchev–Trinajstić information content (AvgIpc) is 0.811. The van der Waals surface area contributed by atoms with E-state index in [4.69, 9.17) is 0 Å². The third kappa shape index (κ3) is 8480. The highest BCUT2D eigenvalue weighted by molar-refractivity contribution is 6.10. The Morgan fingerprint density at radius 1 is 1.50 bits per heavy atom. The first-order valence-electron chi connectivity index (χ1n) is 1.00. The summed E-state index contributed by atoms with van der Waals surface area (Å²) in [5, 5.41) is 0. The van der Waals surface area contributed by atoms with Crippen LogP contribution in [0.5, 0.6) is 0 Å². The van der Waals surface area contributed by atoms with Crippen molar-refractivity contribution in [3.63, 3.8) is 0 Å². The molecule has 4 heavy (non-hydrogen) atoms. The van der Waals surface area contributed by atoms with Gasteiger partial charge < -0.3 is 11.5 Å². The van der Waals surface area contributed by atoms with Crippen molar-refractivity contribution in [2.45, 2.75) is 6.07 Å². The van der Waals surface area contributed by atoms with E-state index < -0.39 is 6.07 Å². The quantitative estimate of drug-likeness (QED) is 0.258. The topological polar surface area (TPSA) is 52.0 Å². The molecule has 0 heterocycles. The molecule has 22 valence electrons. The molecular weight excluding hydrogens is 50.8 g/mol. The van der Waals surface area contributed by atoms with Crippen LogP contribution in [0, 0.1) is 0 Å². The minimum absolute atomic E-state index is 0.667. The van der Waals surface area contributed by atoms with Crippen LogP contribution in [0.15, 0.2) is 0 Å². The van der Waals surface area contributed by atoms with Crippen molar-refractivity contribution >= 4 is 7.85 Å². The number of hydrogen-bond acceptors (Lipinski definition) is 2. The van der Waals surface area contributed by atoms with Crippen LogP contribution in [0.4, 0.5) is 0 Å². The molecule has 0 aliphatic heterocycles. The maximum atomic E-state index is 4.67. The van der Waals surface area contributed by atoms with Crippen molar-refractivity contribution < 1.29 is 0 Å². The molecule has 4 N–H and O–H groups in total. The second kappa shape index (κ2) is 1.32. The largest absolute Gasteiger partial charge is 0.324 e. The van der Waals surface area contributed by atoms with Gasteiger partial charge in [0, 0.05) is 6.07 Å². The van der Waals surface area contributed by atoms with Crippen LogP contribution in [-0.2, 0) is 0 Å². The molecule has 0 aromatic heterocycles. The zero-order valence-electron chi connectivity index (χ0n) is 2.31. The molecule has 0 aliphatic carbocycles. The fraction of sp³-hybridized carbons (Fsp3) is 1.00. The highest BCUT2D eigenvalue weighted by Crippen LogP contribution is 1.27. The van der Waals surface area contributed by atoms with E-state index in [1.165, 1.54) is 0 Å². The van der Waals surface area contributed by atoms with Crippen LogP contribution < -0.4 is 11.5 Å². The van der Waals surface area contributed by atoms with E-state index >= 15 is 0 Å². The van der Waals surface area contributed by atoms with Gasteiger partial charge in [-0.1, -0.05) is 0 Å². The Balaban J connectivity index is 2.32. The minimum Gasteiger partial charge on any atom is -0.324 e. The lowest BCUT2D eigenvalue weighted by molar-refractivity contribution is 0.973. The molecule has 0 aromatic rings. The van der Waals surface area contributed by atoms with Crippen molar-refractivity contribution in [1.29, 1.82) is 0 Å². The van der Waals surface area contributed by atoms with Crippen LogP contribution >= 0.6 is 0 Å². The van der Waals surface area contributed by atoms with Gasteiger partial charge in [0.05, 0.1) is 0 Å². The van der Waals surface area contributed by atoms with Crippen molar-refractivity contribution in [1.82, 2.24) is 0 Å².